The average Bonchev–Trinajstić information content (AvgIpc) is 3.06. The first kappa shape index (κ1) is 25.8. The van der Waals surface area contributed by atoms with Crippen molar-refractivity contribution >= 4 is 50.9 Å². The Morgan fingerprint density at radius 2 is 1.94 bits per heavy atom. The van der Waals surface area contributed by atoms with Gasteiger partial charge in [0.25, 0.3) is 11.1 Å². The van der Waals surface area contributed by atoms with Gasteiger partial charge in [0.2, 0.25) is 0 Å². The van der Waals surface area contributed by atoms with E-state index in [1.54, 1.807) is 37.3 Å². The number of amides is 2. The Labute approximate surface area is 209 Å². The second-order valence-electron chi connectivity index (χ2n) is 7.43. The van der Waals surface area contributed by atoms with Gasteiger partial charge >= 0.3 is 5.97 Å². The van der Waals surface area contributed by atoms with Crippen LogP contribution in [0.5, 0.6) is 11.5 Å². The highest BCUT2D eigenvalue weighted by Gasteiger charge is 2.37. The van der Waals surface area contributed by atoms with Gasteiger partial charge in [-0.05, 0) is 82.5 Å². The number of methoxy groups -OCH3 is 1. The molecule has 3 rings (SSSR count). The van der Waals surface area contributed by atoms with E-state index in [9.17, 15) is 18.8 Å². The first-order valence-corrected chi connectivity index (χ1v) is 12.0. The molecule has 34 heavy (non-hydrogen) atoms. The molecule has 1 aliphatic rings. The Morgan fingerprint density at radius 3 is 2.59 bits per heavy atom. The largest absolute Gasteiger partial charge is 0.493 e. The van der Waals surface area contributed by atoms with Gasteiger partial charge in [-0.25, -0.2) is 4.39 Å². The van der Waals surface area contributed by atoms with Crippen LogP contribution in [-0.4, -0.2) is 41.8 Å². The fourth-order valence-electron chi connectivity index (χ4n) is 2.96. The standard InChI is InChI=1S/C24H23BrFNO6S/c1-4-14(2)33-21(28)12-27-23(29)20(34-24(27)30)11-16-9-18(25)22(19(10-16)31-3)32-13-15-5-7-17(26)8-6-15/h5-11,14H,4,12-13H2,1-3H3/b20-11+/t14-/m1/s1. The normalized spacial score (nSPS) is 15.6. The Bertz CT molecular complexity index is 1120. The zero-order valence-electron chi connectivity index (χ0n) is 18.8. The lowest BCUT2D eigenvalue weighted by Gasteiger charge is -2.15. The zero-order chi connectivity index (χ0) is 24.8. The summed E-state index contributed by atoms with van der Waals surface area (Å²) in [7, 11) is 1.48. The molecule has 0 spiro atoms. The number of nitrogens with zero attached hydrogens (tertiary/aromatic N) is 1. The maximum absolute atomic E-state index is 13.1. The van der Waals surface area contributed by atoms with Crippen molar-refractivity contribution in [3.05, 3.63) is 62.7 Å². The summed E-state index contributed by atoms with van der Waals surface area (Å²) in [5.74, 6) is -0.694. The molecule has 0 bridgehead atoms. The predicted octanol–water partition coefficient (Wildman–Crippen LogP) is 5.55. The van der Waals surface area contributed by atoms with Gasteiger partial charge in [-0.15, -0.1) is 0 Å². The number of carbonyl (C=O) groups is 3. The smallest absolute Gasteiger partial charge is 0.326 e. The summed E-state index contributed by atoms with van der Waals surface area (Å²) < 4.78 is 30.1. The van der Waals surface area contributed by atoms with E-state index in [0.29, 0.717) is 28.0 Å². The van der Waals surface area contributed by atoms with Gasteiger partial charge in [-0.1, -0.05) is 19.1 Å². The molecule has 2 aromatic rings. The lowest BCUT2D eigenvalue weighted by molar-refractivity contribution is -0.150. The third-order valence-electron chi connectivity index (χ3n) is 4.91. The highest BCUT2D eigenvalue weighted by Crippen LogP contribution is 2.39. The van der Waals surface area contributed by atoms with Crippen LogP contribution >= 0.6 is 27.7 Å². The predicted molar refractivity (Wildman–Crippen MR) is 130 cm³/mol. The molecule has 2 aromatic carbocycles. The first-order chi connectivity index (χ1) is 16.2. The van der Waals surface area contributed by atoms with Gasteiger partial charge in [0, 0.05) is 0 Å². The number of hydrogen-bond donors (Lipinski definition) is 0. The minimum Gasteiger partial charge on any atom is -0.493 e. The van der Waals surface area contributed by atoms with Crippen LogP contribution in [0, 0.1) is 5.82 Å². The second-order valence-corrected chi connectivity index (χ2v) is 9.27. The van der Waals surface area contributed by atoms with E-state index in [4.69, 9.17) is 14.2 Å². The van der Waals surface area contributed by atoms with Crippen molar-refractivity contribution in [2.24, 2.45) is 0 Å². The van der Waals surface area contributed by atoms with E-state index in [2.05, 4.69) is 15.9 Å². The molecule has 1 atom stereocenters. The van der Waals surface area contributed by atoms with E-state index in [1.165, 1.54) is 19.2 Å². The van der Waals surface area contributed by atoms with Gasteiger partial charge in [0.1, 0.15) is 19.0 Å². The van der Waals surface area contributed by atoms with E-state index in [0.717, 1.165) is 22.2 Å². The fraction of sp³-hybridized carbons (Fsp3) is 0.292. The highest BCUT2D eigenvalue weighted by molar-refractivity contribution is 9.10. The van der Waals surface area contributed by atoms with Gasteiger partial charge in [0.05, 0.1) is 22.6 Å². The maximum atomic E-state index is 13.1. The molecule has 7 nitrogen and oxygen atoms in total. The molecule has 2 amide bonds. The molecule has 0 unspecified atom stereocenters. The molecule has 0 aliphatic carbocycles. The molecule has 0 N–H and O–H groups in total. The Morgan fingerprint density at radius 1 is 1.24 bits per heavy atom. The number of esters is 1. The van der Waals surface area contributed by atoms with Crippen LogP contribution in [0.2, 0.25) is 0 Å². The van der Waals surface area contributed by atoms with E-state index in [1.807, 2.05) is 6.92 Å². The number of thioether (sulfide) groups is 1. The van der Waals surface area contributed by atoms with Crippen LogP contribution in [-0.2, 0) is 20.9 Å². The van der Waals surface area contributed by atoms with Crippen LogP contribution < -0.4 is 9.47 Å². The molecule has 180 valence electrons. The highest BCUT2D eigenvalue weighted by atomic mass is 79.9. The number of carbonyl (C=O) groups excluding carboxylic acids is 3. The summed E-state index contributed by atoms with van der Waals surface area (Å²) in [6, 6.07) is 9.33. The molecule has 1 aliphatic heterocycles. The van der Waals surface area contributed by atoms with Gasteiger partial charge in [0.15, 0.2) is 11.5 Å². The van der Waals surface area contributed by atoms with E-state index < -0.39 is 23.7 Å². The monoisotopic (exact) mass is 551 g/mol. The maximum Gasteiger partial charge on any atom is 0.326 e. The van der Waals surface area contributed by atoms with Gasteiger partial charge in [-0.2, -0.15) is 0 Å². The van der Waals surface area contributed by atoms with E-state index in [-0.39, 0.29) is 23.4 Å². The Balaban J connectivity index is 1.75. The van der Waals surface area contributed by atoms with Crippen LogP contribution in [0.25, 0.3) is 6.08 Å². The number of rotatable bonds is 9. The molecular weight excluding hydrogens is 529 g/mol. The lowest BCUT2D eigenvalue weighted by atomic mass is 10.1. The van der Waals surface area contributed by atoms with Crippen molar-refractivity contribution in [2.45, 2.75) is 33.0 Å². The quantitative estimate of drug-likeness (QED) is 0.298. The Hall–Kier alpha value is -2.85. The molecule has 10 heteroatoms. The summed E-state index contributed by atoms with van der Waals surface area (Å²) in [6.45, 7) is 3.37. The molecule has 1 saturated heterocycles. The number of hydrogen-bond acceptors (Lipinski definition) is 7. The Kier molecular flexibility index (Phi) is 8.73. The third kappa shape index (κ3) is 6.38. The summed E-state index contributed by atoms with van der Waals surface area (Å²) in [4.78, 5) is 38.1. The third-order valence-corrected chi connectivity index (χ3v) is 6.41. The average molecular weight is 552 g/mol. The SMILES string of the molecule is CC[C@@H](C)OC(=O)CN1C(=O)S/C(=C/c2cc(Br)c(OCc3ccc(F)cc3)c(OC)c2)C1=O. The van der Waals surface area contributed by atoms with Crippen molar-refractivity contribution in [2.75, 3.05) is 13.7 Å². The minimum atomic E-state index is -0.634. The summed E-state index contributed by atoms with van der Waals surface area (Å²) in [5, 5.41) is -0.539. The van der Waals surface area contributed by atoms with Crippen molar-refractivity contribution in [3.8, 4) is 11.5 Å². The van der Waals surface area contributed by atoms with Crippen molar-refractivity contribution < 1.29 is 33.0 Å². The van der Waals surface area contributed by atoms with Crippen LogP contribution in [0.15, 0.2) is 45.8 Å². The molecule has 1 fully saturated rings. The van der Waals surface area contributed by atoms with Crippen molar-refractivity contribution in [1.29, 1.82) is 0 Å². The zero-order valence-corrected chi connectivity index (χ0v) is 21.2. The van der Waals surface area contributed by atoms with Crippen LogP contribution in [0.3, 0.4) is 0 Å². The number of imide groups is 1. The number of benzene rings is 2. The summed E-state index contributed by atoms with van der Waals surface area (Å²) in [6.07, 6.45) is 1.88. The first-order valence-electron chi connectivity index (χ1n) is 10.4. The molecule has 1 heterocycles. The summed E-state index contributed by atoms with van der Waals surface area (Å²) in [5.41, 5.74) is 1.37. The molecule has 0 radical (unpaired) electrons. The molecule has 0 saturated carbocycles. The number of ether oxygens (including phenoxy) is 3. The summed E-state index contributed by atoms with van der Waals surface area (Å²) >= 11 is 4.20. The van der Waals surface area contributed by atoms with Crippen LogP contribution in [0.1, 0.15) is 31.4 Å². The fourth-order valence-corrected chi connectivity index (χ4v) is 4.37. The minimum absolute atomic E-state index is 0.176. The lowest BCUT2D eigenvalue weighted by Crippen LogP contribution is -2.35. The molecule has 0 aromatic heterocycles. The second kappa shape index (κ2) is 11.5. The van der Waals surface area contributed by atoms with Gasteiger partial charge < -0.3 is 14.2 Å². The van der Waals surface area contributed by atoms with Crippen LogP contribution in [0.4, 0.5) is 9.18 Å². The topological polar surface area (TPSA) is 82.1 Å². The van der Waals surface area contributed by atoms with Crippen molar-refractivity contribution in [3.63, 3.8) is 0 Å². The van der Waals surface area contributed by atoms with Gasteiger partial charge in [-0.3, -0.25) is 19.3 Å². The number of halogens is 2. The molecular formula is C24H23BrFNO6S. The van der Waals surface area contributed by atoms with Crippen molar-refractivity contribution in [1.82, 2.24) is 4.90 Å². The van der Waals surface area contributed by atoms with E-state index >= 15 is 0 Å².